The molecule has 0 aliphatic carbocycles. The quantitative estimate of drug-likeness (QED) is 0.547. The van der Waals surface area contributed by atoms with Gasteiger partial charge in [-0.1, -0.05) is 29.8 Å². The second kappa shape index (κ2) is 9.36. The molecule has 33 heavy (non-hydrogen) atoms. The van der Waals surface area contributed by atoms with E-state index in [2.05, 4.69) is 5.32 Å². The summed E-state index contributed by atoms with van der Waals surface area (Å²) in [6.07, 6.45) is 0.753. The molecule has 0 radical (unpaired) electrons. The van der Waals surface area contributed by atoms with Gasteiger partial charge in [-0.2, -0.15) is 4.31 Å². The van der Waals surface area contributed by atoms with Crippen LogP contribution < -0.4 is 5.32 Å². The van der Waals surface area contributed by atoms with E-state index in [0.29, 0.717) is 23.8 Å². The van der Waals surface area contributed by atoms with Crippen molar-refractivity contribution in [2.24, 2.45) is 5.92 Å². The molecule has 1 N–H and O–H groups in total. The average Bonchev–Trinajstić information content (AvgIpc) is 3.18. The molecule has 0 spiro atoms. The summed E-state index contributed by atoms with van der Waals surface area (Å²) in [5.41, 5.74) is 1.73. The molecule has 0 bridgehead atoms. The van der Waals surface area contributed by atoms with E-state index in [1.165, 1.54) is 4.31 Å². The third kappa shape index (κ3) is 4.65. The van der Waals surface area contributed by atoms with Gasteiger partial charge in [-0.15, -0.1) is 0 Å². The van der Waals surface area contributed by atoms with Gasteiger partial charge in [0.1, 0.15) is 11.3 Å². The Bertz CT molecular complexity index is 1270. The fourth-order valence-electron chi connectivity index (χ4n) is 3.95. The van der Waals surface area contributed by atoms with Gasteiger partial charge in [0.05, 0.1) is 11.5 Å². The summed E-state index contributed by atoms with van der Waals surface area (Å²) in [5.74, 6) is -1.37. The minimum atomic E-state index is -3.61. The predicted octanol–water partition coefficient (Wildman–Crippen LogP) is 3.96. The minimum absolute atomic E-state index is 0.0502. The van der Waals surface area contributed by atoms with Crippen molar-refractivity contribution in [2.45, 2.75) is 31.6 Å². The summed E-state index contributed by atoms with van der Waals surface area (Å²) < 4.78 is 38.0. The Morgan fingerprint density at radius 2 is 1.76 bits per heavy atom. The van der Waals surface area contributed by atoms with Crippen LogP contribution in [0.1, 0.15) is 35.9 Å². The number of hydrogen-bond donors (Lipinski definition) is 1. The lowest BCUT2D eigenvalue weighted by Gasteiger charge is -2.30. The molecule has 8 nitrogen and oxygen atoms in total. The topological polar surface area (TPSA) is 106 Å². The number of hydrogen-bond acceptors (Lipinski definition) is 6. The number of fused-ring (bicyclic) bond motifs is 1. The molecule has 1 aliphatic heterocycles. The lowest BCUT2D eigenvalue weighted by molar-refractivity contribution is -0.120. The maximum Gasteiger partial charge on any atom is 0.376 e. The van der Waals surface area contributed by atoms with Gasteiger partial charge in [0.2, 0.25) is 21.7 Å². The number of benzene rings is 2. The summed E-state index contributed by atoms with van der Waals surface area (Å²) in [7, 11) is -3.61. The van der Waals surface area contributed by atoms with Crippen molar-refractivity contribution in [1.29, 1.82) is 0 Å². The standard InChI is InChI=1S/C24H26N2O6S/c1-3-31-24(28)22-21(19-6-4-5-7-20(19)32-22)25-23(27)17-12-14-26(15-13-17)33(29,30)18-10-8-16(2)9-11-18/h4-11,17H,3,12-15H2,1-2H3,(H,25,27). The van der Waals surface area contributed by atoms with Crippen LogP contribution >= 0.6 is 0 Å². The van der Waals surface area contributed by atoms with E-state index in [-0.39, 0.29) is 41.9 Å². The van der Waals surface area contributed by atoms with E-state index in [1.807, 2.05) is 6.92 Å². The molecule has 0 unspecified atom stereocenters. The van der Waals surface area contributed by atoms with Crippen molar-refractivity contribution in [3.8, 4) is 0 Å². The highest BCUT2D eigenvalue weighted by Gasteiger charge is 2.33. The zero-order valence-electron chi connectivity index (χ0n) is 18.5. The molecule has 2 aromatic carbocycles. The number of nitrogens with zero attached hydrogens (tertiary/aromatic N) is 1. The first-order valence-electron chi connectivity index (χ1n) is 10.9. The van der Waals surface area contributed by atoms with Crippen LogP contribution in [0.2, 0.25) is 0 Å². The van der Waals surface area contributed by atoms with E-state index in [1.54, 1.807) is 55.5 Å². The van der Waals surface area contributed by atoms with Gasteiger partial charge in [0.25, 0.3) is 0 Å². The van der Waals surface area contributed by atoms with Gasteiger partial charge in [0.15, 0.2) is 0 Å². The van der Waals surface area contributed by atoms with Crippen LogP contribution in [0.15, 0.2) is 57.8 Å². The largest absolute Gasteiger partial charge is 0.460 e. The highest BCUT2D eigenvalue weighted by Crippen LogP contribution is 2.33. The number of piperidine rings is 1. The summed E-state index contributed by atoms with van der Waals surface area (Å²) in [6.45, 7) is 4.25. The Labute approximate surface area is 192 Å². The minimum Gasteiger partial charge on any atom is -0.460 e. The SMILES string of the molecule is CCOC(=O)c1oc2ccccc2c1NC(=O)C1CCN(S(=O)(=O)c2ccc(C)cc2)CC1. The second-order valence-electron chi connectivity index (χ2n) is 8.00. The molecule has 4 rings (SSSR count). The van der Waals surface area contributed by atoms with Crippen molar-refractivity contribution >= 4 is 38.6 Å². The number of para-hydroxylation sites is 1. The van der Waals surface area contributed by atoms with Crippen LogP contribution in [0, 0.1) is 12.8 Å². The van der Waals surface area contributed by atoms with Crippen molar-refractivity contribution in [1.82, 2.24) is 4.31 Å². The van der Waals surface area contributed by atoms with Crippen LogP contribution in [-0.4, -0.2) is 44.3 Å². The third-order valence-corrected chi connectivity index (χ3v) is 7.70. The lowest BCUT2D eigenvalue weighted by Crippen LogP contribution is -2.41. The number of nitrogens with one attached hydrogen (secondary N) is 1. The maximum absolute atomic E-state index is 13.0. The van der Waals surface area contributed by atoms with E-state index >= 15 is 0 Å². The van der Waals surface area contributed by atoms with Gasteiger partial charge in [-0.25, -0.2) is 13.2 Å². The molecule has 174 valence electrons. The summed E-state index contributed by atoms with van der Waals surface area (Å²) in [5, 5.41) is 3.44. The molecule has 1 aromatic heterocycles. The number of aryl methyl sites for hydroxylation is 1. The van der Waals surface area contributed by atoms with Crippen molar-refractivity contribution in [3.05, 3.63) is 59.9 Å². The van der Waals surface area contributed by atoms with E-state index < -0.39 is 21.9 Å². The average molecular weight is 471 g/mol. The van der Waals surface area contributed by atoms with E-state index in [4.69, 9.17) is 9.15 Å². The maximum atomic E-state index is 13.0. The number of carbonyl (C=O) groups is 2. The molecule has 0 saturated carbocycles. The number of ether oxygens (including phenoxy) is 1. The van der Waals surface area contributed by atoms with E-state index in [0.717, 1.165) is 5.56 Å². The normalized spacial score (nSPS) is 15.5. The Morgan fingerprint density at radius 3 is 2.42 bits per heavy atom. The molecule has 1 saturated heterocycles. The van der Waals surface area contributed by atoms with Crippen LogP contribution in [0.4, 0.5) is 5.69 Å². The van der Waals surface area contributed by atoms with Gasteiger partial charge in [-0.05, 0) is 51.0 Å². The zero-order valence-corrected chi connectivity index (χ0v) is 19.4. The number of anilines is 1. The highest BCUT2D eigenvalue weighted by atomic mass is 32.2. The summed E-state index contributed by atoms with van der Waals surface area (Å²) in [4.78, 5) is 25.6. The Balaban J connectivity index is 1.48. The van der Waals surface area contributed by atoms with Gasteiger partial charge in [-0.3, -0.25) is 4.79 Å². The van der Waals surface area contributed by atoms with Crippen molar-refractivity contribution in [3.63, 3.8) is 0 Å². The smallest absolute Gasteiger partial charge is 0.376 e. The Hall–Kier alpha value is -3.17. The summed E-state index contributed by atoms with van der Waals surface area (Å²) >= 11 is 0. The predicted molar refractivity (Wildman–Crippen MR) is 123 cm³/mol. The first kappa shape index (κ1) is 23.0. The number of carbonyl (C=O) groups excluding carboxylic acids is 2. The first-order valence-corrected chi connectivity index (χ1v) is 12.3. The molecule has 9 heteroatoms. The molecule has 1 fully saturated rings. The van der Waals surface area contributed by atoms with Crippen LogP contribution in [0.5, 0.6) is 0 Å². The number of sulfonamides is 1. The monoisotopic (exact) mass is 470 g/mol. The van der Waals surface area contributed by atoms with Gasteiger partial charge in [0, 0.05) is 24.4 Å². The number of rotatable bonds is 6. The Kier molecular flexibility index (Phi) is 6.53. The van der Waals surface area contributed by atoms with Gasteiger partial charge >= 0.3 is 5.97 Å². The number of amides is 1. The fraction of sp³-hybridized carbons (Fsp3) is 0.333. The molecular weight excluding hydrogens is 444 g/mol. The van der Waals surface area contributed by atoms with Crippen molar-refractivity contribution < 1.29 is 27.2 Å². The molecule has 2 heterocycles. The Morgan fingerprint density at radius 1 is 1.09 bits per heavy atom. The second-order valence-corrected chi connectivity index (χ2v) is 9.94. The third-order valence-electron chi connectivity index (χ3n) is 5.79. The molecular formula is C24H26N2O6S. The molecule has 0 atom stereocenters. The fourth-order valence-corrected chi connectivity index (χ4v) is 5.42. The zero-order chi connectivity index (χ0) is 23.6. The number of furan rings is 1. The first-order chi connectivity index (χ1) is 15.8. The molecule has 3 aromatic rings. The van der Waals surface area contributed by atoms with Crippen molar-refractivity contribution in [2.75, 3.05) is 25.0 Å². The summed E-state index contributed by atoms with van der Waals surface area (Å²) in [6, 6.07) is 13.8. The van der Waals surface area contributed by atoms with Crippen LogP contribution in [-0.2, 0) is 19.6 Å². The van der Waals surface area contributed by atoms with Crippen LogP contribution in [0.25, 0.3) is 11.0 Å². The van der Waals surface area contributed by atoms with Gasteiger partial charge < -0.3 is 14.5 Å². The highest BCUT2D eigenvalue weighted by molar-refractivity contribution is 7.89. The number of esters is 1. The van der Waals surface area contributed by atoms with E-state index in [9.17, 15) is 18.0 Å². The lowest BCUT2D eigenvalue weighted by atomic mass is 9.97. The molecule has 1 amide bonds. The molecule has 1 aliphatic rings. The van der Waals surface area contributed by atoms with Crippen LogP contribution in [0.3, 0.4) is 0 Å².